The third-order valence-electron chi connectivity index (χ3n) is 3.59. The highest BCUT2D eigenvalue weighted by Crippen LogP contribution is 2.27. The van der Waals surface area contributed by atoms with E-state index >= 15 is 0 Å². The number of ether oxygens (including phenoxy) is 1. The van der Waals surface area contributed by atoms with E-state index in [0.29, 0.717) is 23.4 Å². The normalized spacial score (nSPS) is 12.5. The third kappa shape index (κ3) is 6.42. The van der Waals surface area contributed by atoms with E-state index in [0.717, 1.165) is 6.42 Å². The average molecular weight is 425 g/mol. The molecule has 1 aromatic rings. The van der Waals surface area contributed by atoms with Crippen molar-refractivity contribution in [1.29, 1.82) is 0 Å². The molecule has 26 heavy (non-hydrogen) atoms. The van der Waals surface area contributed by atoms with E-state index in [1.165, 1.54) is 19.2 Å². The average Bonchev–Trinajstić information content (AvgIpc) is 2.59. The molecule has 146 valence electrons. The molecule has 0 radical (unpaired) electrons. The van der Waals surface area contributed by atoms with Crippen LogP contribution in [0.15, 0.2) is 17.0 Å². The van der Waals surface area contributed by atoms with Crippen LogP contribution in [0, 0.1) is 6.92 Å². The van der Waals surface area contributed by atoms with Gasteiger partial charge in [-0.25, -0.2) is 17.9 Å². The van der Waals surface area contributed by atoms with Crippen LogP contribution in [0.3, 0.4) is 0 Å². The number of aryl methyl sites for hydroxylation is 1. The minimum absolute atomic E-state index is 0.0520. The lowest BCUT2D eigenvalue weighted by atomic mass is 10.1. The van der Waals surface area contributed by atoms with Gasteiger partial charge in [0.15, 0.2) is 0 Å². The molecule has 0 heterocycles. The van der Waals surface area contributed by atoms with Gasteiger partial charge in [-0.05, 0) is 31.0 Å². The second-order valence-electron chi connectivity index (χ2n) is 5.64. The molecule has 1 rings (SSSR count). The maximum atomic E-state index is 12.4. The van der Waals surface area contributed by atoms with Crippen molar-refractivity contribution < 1.29 is 22.7 Å². The number of amides is 1. The molecule has 0 aliphatic rings. The van der Waals surface area contributed by atoms with Gasteiger partial charge in [-0.15, -0.1) is 0 Å². The molecule has 0 saturated heterocycles. The van der Waals surface area contributed by atoms with Crippen LogP contribution in [0.1, 0.15) is 31.7 Å². The van der Waals surface area contributed by atoms with E-state index in [1.54, 1.807) is 6.92 Å². The highest BCUT2D eigenvalue weighted by Gasteiger charge is 2.23. The Balaban J connectivity index is 2.79. The Hall–Kier alpha value is -1.35. The number of nitrogens with one attached hydrogen (secondary N) is 2. The van der Waals surface area contributed by atoms with E-state index in [-0.39, 0.29) is 9.92 Å². The molecule has 0 saturated carbocycles. The molecule has 0 spiro atoms. The quantitative estimate of drug-likeness (QED) is 0.592. The van der Waals surface area contributed by atoms with Gasteiger partial charge in [0.1, 0.15) is 10.9 Å². The summed E-state index contributed by atoms with van der Waals surface area (Å²) in [7, 11) is -2.80. The summed E-state index contributed by atoms with van der Waals surface area (Å²) in [5, 5.41) is 2.75. The van der Waals surface area contributed by atoms with Crippen molar-refractivity contribution in [2.24, 2.45) is 0 Å². The maximum absolute atomic E-state index is 12.4. The van der Waals surface area contributed by atoms with E-state index in [2.05, 4.69) is 14.8 Å². The first-order valence-electron chi connectivity index (χ1n) is 7.94. The maximum Gasteiger partial charge on any atom is 0.328 e. The Morgan fingerprint density at radius 2 is 1.88 bits per heavy atom. The van der Waals surface area contributed by atoms with Crippen LogP contribution in [0.25, 0.3) is 0 Å². The minimum atomic E-state index is -4.02. The molecule has 0 aromatic heterocycles. The van der Waals surface area contributed by atoms with Crippen LogP contribution < -0.4 is 10.0 Å². The molecule has 0 aliphatic carbocycles. The number of carbonyl (C=O) groups excluding carboxylic acids is 2. The van der Waals surface area contributed by atoms with Gasteiger partial charge in [0.25, 0.3) is 0 Å². The van der Waals surface area contributed by atoms with Crippen molar-refractivity contribution >= 4 is 45.1 Å². The van der Waals surface area contributed by atoms with Gasteiger partial charge in [-0.1, -0.05) is 43.0 Å². The van der Waals surface area contributed by atoms with Gasteiger partial charge in [-0.2, -0.15) is 0 Å². The molecule has 0 fully saturated rings. The van der Waals surface area contributed by atoms with E-state index in [9.17, 15) is 18.0 Å². The number of hydrogen-bond donors (Lipinski definition) is 2. The fraction of sp³-hybridized carbons (Fsp3) is 0.500. The molecular formula is C16H22Cl2N2O5S. The van der Waals surface area contributed by atoms with E-state index < -0.39 is 34.5 Å². The van der Waals surface area contributed by atoms with Crippen molar-refractivity contribution in [3.05, 3.63) is 27.7 Å². The van der Waals surface area contributed by atoms with Crippen LogP contribution in [-0.2, 0) is 24.3 Å². The fourth-order valence-electron chi connectivity index (χ4n) is 2.12. The zero-order chi connectivity index (χ0) is 19.9. The highest BCUT2D eigenvalue weighted by atomic mass is 35.5. The van der Waals surface area contributed by atoms with Gasteiger partial charge in [0, 0.05) is 5.02 Å². The number of methoxy groups -OCH3 is 1. The summed E-state index contributed by atoms with van der Waals surface area (Å²) in [4.78, 5) is 23.5. The molecule has 0 aliphatic heterocycles. The molecule has 10 heteroatoms. The largest absolute Gasteiger partial charge is 0.467 e. The SMILES string of the molecule is CCCCC(NC(=O)CNS(=O)(=O)c1cc(C)c(Cl)cc1Cl)C(=O)OC. The monoisotopic (exact) mass is 424 g/mol. The van der Waals surface area contributed by atoms with Crippen LogP contribution in [0.2, 0.25) is 10.0 Å². The van der Waals surface area contributed by atoms with E-state index in [1.807, 2.05) is 6.92 Å². The van der Waals surface area contributed by atoms with Crippen molar-refractivity contribution in [3.63, 3.8) is 0 Å². The minimum Gasteiger partial charge on any atom is -0.467 e. The smallest absolute Gasteiger partial charge is 0.328 e. The lowest BCUT2D eigenvalue weighted by Gasteiger charge is -2.16. The number of esters is 1. The van der Waals surface area contributed by atoms with Crippen LogP contribution in [-0.4, -0.2) is 40.0 Å². The number of halogens is 2. The third-order valence-corrected chi connectivity index (χ3v) is 5.87. The Labute approximate surface area is 163 Å². The van der Waals surface area contributed by atoms with Gasteiger partial charge >= 0.3 is 5.97 Å². The van der Waals surface area contributed by atoms with Crippen LogP contribution >= 0.6 is 23.2 Å². The standard InChI is InChI=1S/C16H22Cl2N2O5S/c1-4-5-6-13(16(22)25-3)20-15(21)9-19-26(23,24)14-7-10(2)11(17)8-12(14)18/h7-8,13,19H,4-6,9H2,1-3H3,(H,20,21). The second-order valence-corrected chi connectivity index (χ2v) is 8.19. The molecule has 2 N–H and O–H groups in total. The zero-order valence-electron chi connectivity index (χ0n) is 14.8. The van der Waals surface area contributed by atoms with E-state index in [4.69, 9.17) is 23.2 Å². The molecule has 1 unspecified atom stereocenters. The van der Waals surface area contributed by atoms with Crippen molar-refractivity contribution in [3.8, 4) is 0 Å². The highest BCUT2D eigenvalue weighted by molar-refractivity contribution is 7.89. The first kappa shape index (κ1) is 22.7. The lowest BCUT2D eigenvalue weighted by Crippen LogP contribution is -2.46. The summed E-state index contributed by atoms with van der Waals surface area (Å²) in [5.74, 6) is -1.23. The first-order chi connectivity index (χ1) is 12.1. The molecular weight excluding hydrogens is 403 g/mol. The lowest BCUT2D eigenvalue weighted by molar-refractivity contribution is -0.145. The summed E-state index contributed by atoms with van der Waals surface area (Å²) in [6, 6.07) is 1.83. The van der Waals surface area contributed by atoms with Crippen molar-refractivity contribution in [1.82, 2.24) is 10.0 Å². The predicted octanol–water partition coefficient (Wildman–Crippen LogP) is 2.43. The topological polar surface area (TPSA) is 102 Å². The van der Waals surface area contributed by atoms with Gasteiger partial charge < -0.3 is 10.1 Å². The van der Waals surface area contributed by atoms with Crippen molar-refractivity contribution in [2.75, 3.05) is 13.7 Å². The Morgan fingerprint density at radius 3 is 2.46 bits per heavy atom. The number of carbonyl (C=O) groups is 2. The molecule has 7 nitrogen and oxygen atoms in total. The van der Waals surface area contributed by atoms with Gasteiger partial charge in [0.05, 0.1) is 18.7 Å². The molecule has 0 bridgehead atoms. The first-order valence-corrected chi connectivity index (χ1v) is 10.2. The summed E-state index contributed by atoms with van der Waals surface area (Å²) >= 11 is 11.8. The van der Waals surface area contributed by atoms with Crippen LogP contribution in [0.4, 0.5) is 0 Å². The van der Waals surface area contributed by atoms with Crippen LogP contribution in [0.5, 0.6) is 0 Å². The predicted molar refractivity (Wildman–Crippen MR) is 99.9 cm³/mol. The summed E-state index contributed by atoms with van der Waals surface area (Å²) in [5.41, 5.74) is 0.534. The zero-order valence-corrected chi connectivity index (χ0v) is 17.1. The fourth-order valence-corrected chi connectivity index (χ4v) is 3.93. The summed E-state index contributed by atoms with van der Waals surface area (Å²) in [6.07, 6.45) is 1.96. The Kier molecular flexibility index (Phi) is 8.82. The molecule has 1 aromatic carbocycles. The van der Waals surface area contributed by atoms with Gasteiger partial charge in [-0.3, -0.25) is 4.79 Å². The Morgan fingerprint density at radius 1 is 1.23 bits per heavy atom. The molecule has 1 atom stereocenters. The Bertz CT molecular complexity index is 768. The second kappa shape index (κ2) is 10.1. The number of sulfonamides is 1. The number of unbranched alkanes of at least 4 members (excludes halogenated alkanes) is 1. The summed E-state index contributed by atoms with van der Waals surface area (Å²) in [6.45, 7) is 3.04. The number of rotatable bonds is 9. The molecule has 1 amide bonds. The van der Waals surface area contributed by atoms with Gasteiger partial charge in [0.2, 0.25) is 15.9 Å². The van der Waals surface area contributed by atoms with Crippen molar-refractivity contribution in [2.45, 2.75) is 44.0 Å². The number of hydrogen-bond acceptors (Lipinski definition) is 5. The summed E-state index contributed by atoms with van der Waals surface area (Å²) < 4.78 is 31.5. The number of benzene rings is 1.